The summed E-state index contributed by atoms with van der Waals surface area (Å²) in [4.78, 5) is 14.7. The van der Waals surface area contributed by atoms with Crippen molar-refractivity contribution < 1.29 is 0 Å². The number of anilines is 1. The topological polar surface area (TPSA) is 93.4 Å². The van der Waals surface area contributed by atoms with Gasteiger partial charge in [0.2, 0.25) is 0 Å². The molecule has 0 saturated heterocycles. The molecule has 2 aromatic rings. The van der Waals surface area contributed by atoms with Gasteiger partial charge < -0.3 is 16.4 Å². The van der Waals surface area contributed by atoms with Gasteiger partial charge in [0, 0.05) is 36.5 Å². The minimum atomic E-state index is 0.124. The third kappa shape index (κ3) is 5.33. The average molecular weight is 363 g/mol. The first-order valence-corrected chi connectivity index (χ1v) is 7.75. The van der Waals surface area contributed by atoms with E-state index in [4.69, 9.17) is 11.5 Å². The van der Waals surface area contributed by atoms with Gasteiger partial charge in [-0.15, -0.1) is 0 Å². The lowest BCUT2D eigenvalue weighted by Gasteiger charge is -2.23. The molecule has 1 aromatic carbocycles. The van der Waals surface area contributed by atoms with E-state index >= 15 is 0 Å². The van der Waals surface area contributed by atoms with E-state index in [0.29, 0.717) is 6.54 Å². The Morgan fingerprint density at radius 3 is 2.59 bits per heavy atom. The van der Waals surface area contributed by atoms with Gasteiger partial charge in [0.25, 0.3) is 0 Å². The molecule has 0 saturated carbocycles. The van der Waals surface area contributed by atoms with Crippen molar-refractivity contribution in [1.82, 2.24) is 9.97 Å². The molecule has 4 N–H and O–H groups in total. The predicted octanol–water partition coefficient (Wildman–Crippen LogP) is 1.91. The number of aromatic nitrogens is 2. The van der Waals surface area contributed by atoms with E-state index in [2.05, 4.69) is 47.9 Å². The molecule has 0 spiro atoms. The van der Waals surface area contributed by atoms with Gasteiger partial charge in [-0.2, -0.15) is 0 Å². The van der Waals surface area contributed by atoms with Crippen LogP contribution in [-0.4, -0.2) is 29.0 Å². The summed E-state index contributed by atoms with van der Waals surface area (Å²) >= 11 is 3.45. The Bertz CT molecular complexity index is 595. The zero-order chi connectivity index (χ0) is 15.8. The Kier molecular flexibility index (Phi) is 6.14. The monoisotopic (exact) mass is 362 g/mol. The van der Waals surface area contributed by atoms with Crippen LogP contribution in [0.4, 0.5) is 5.82 Å². The first kappa shape index (κ1) is 16.2. The van der Waals surface area contributed by atoms with Crippen LogP contribution >= 0.6 is 15.9 Å². The smallest absolute Gasteiger partial charge is 0.185 e. The molecule has 0 amide bonds. The predicted molar refractivity (Wildman–Crippen MR) is 92.5 cm³/mol. The molecule has 0 bridgehead atoms. The van der Waals surface area contributed by atoms with Gasteiger partial charge in [0.15, 0.2) is 5.96 Å². The van der Waals surface area contributed by atoms with Crippen molar-refractivity contribution in [2.75, 3.05) is 18.0 Å². The van der Waals surface area contributed by atoms with Crippen LogP contribution in [-0.2, 0) is 6.54 Å². The molecule has 0 aliphatic carbocycles. The lowest BCUT2D eigenvalue weighted by Crippen LogP contribution is -2.26. The number of benzene rings is 1. The Balaban J connectivity index is 2.04. The van der Waals surface area contributed by atoms with E-state index < -0.39 is 0 Å². The Morgan fingerprint density at radius 2 is 1.95 bits per heavy atom. The van der Waals surface area contributed by atoms with Crippen LogP contribution in [0.25, 0.3) is 0 Å². The molecule has 7 heteroatoms. The Morgan fingerprint density at radius 1 is 1.18 bits per heavy atom. The summed E-state index contributed by atoms with van der Waals surface area (Å²) in [6, 6.07) is 8.24. The summed E-state index contributed by atoms with van der Waals surface area (Å²) in [5.74, 6) is 0.967. The van der Waals surface area contributed by atoms with Crippen molar-refractivity contribution in [2.45, 2.75) is 13.0 Å². The Labute approximate surface area is 138 Å². The minimum absolute atomic E-state index is 0.124. The van der Waals surface area contributed by atoms with Crippen molar-refractivity contribution in [3.05, 3.63) is 52.9 Å². The molecule has 22 heavy (non-hydrogen) atoms. The lowest BCUT2D eigenvalue weighted by atomic mass is 10.2. The highest BCUT2D eigenvalue weighted by atomic mass is 79.9. The molecule has 0 aliphatic rings. The van der Waals surface area contributed by atoms with Gasteiger partial charge in [-0.05, 0) is 24.1 Å². The van der Waals surface area contributed by atoms with Crippen molar-refractivity contribution in [1.29, 1.82) is 0 Å². The fourth-order valence-corrected chi connectivity index (χ4v) is 2.27. The van der Waals surface area contributed by atoms with Gasteiger partial charge in [-0.1, -0.05) is 28.1 Å². The molecule has 0 aliphatic heterocycles. The van der Waals surface area contributed by atoms with Crippen LogP contribution in [0.5, 0.6) is 0 Å². The number of halogens is 1. The summed E-state index contributed by atoms with van der Waals surface area (Å²) in [6.45, 7) is 2.15. The first-order valence-electron chi connectivity index (χ1n) is 6.96. The highest BCUT2D eigenvalue weighted by Gasteiger charge is 2.08. The maximum Gasteiger partial charge on any atom is 0.185 e. The number of hydrogen-bond donors (Lipinski definition) is 2. The van der Waals surface area contributed by atoms with E-state index in [-0.39, 0.29) is 5.96 Å². The number of nitrogens with zero attached hydrogens (tertiary/aromatic N) is 4. The van der Waals surface area contributed by atoms with Gasteiger partial charge >= 0.3 is 0 Å². The van der Waals surface area contributed by atoms with Crippen molar-refractivity contribution in [3.63, 3.8) is 0 Å². The molecule has 2 rings (SSSR count). The minimum Gasteiger partial charge on any atom is -0.370 e. The zero-order valence-electron chi connectivity index (χ0n) is 12.2. The second-order valence-corrected chi connectivity index (χ2v) is 5.69. The quantitative estimate of drug-likeness (QED) is 0.445. The normalized spacial score (nSPS) is 10.2. The number of guanidine groups is 1. The zero-order valence-corrected chi connectivity index (χ0v) is 13.8. The van der Waals surface area contributed by atoms with Crippen LogP contribution in [0.1, 0.15) is 12.0 Å². The van der Waals surface area contributed by atoms with Crippen molar-refractivity contribution in [3.8, 4) is 0 Å². The first-order chi connectivity index (χ1) is 10.6. The highest BCUT2D eigenvalue weighted by molar-refractivity contribution is 9.10. The van der Waals surface area contributed by atoms with Gasteiger partial charge in [0.1, 0.15) is 5.82 Å². The third-order valence-corrected chi connectivity index (χ3v) is 3.57. The van der Waals surface area contributed by atoms with E-state index in [9.17, 15) is 0 Å². The van der Waals surface area contributed by atoms with Gasteiger partial charge in [-0.3, -0.25) is 9.98 Å². The molecule has 0 atom stereocenters. The van der Waals surface area contributed by atoms with E-state index in [1.165, 1.54) is 5.56 Å². The summed E-state index contributed by atoms with van der Waals surface area (Å²) in [6.07, 6.45) is 5.96. The van der Waals surface area contributed by atoms with E-state index in [0.717, 1.165) is 29.8 Å². The largest absolute Gasteiger partial charge is 0.370 e. The fraction of sp³-hybridized carbons (Fsp3) is 0.267. The van der Waals surface area contributed by atoms with Crippen LogP contribution in [0.3, 0.4) is 0 Å². The summed E-state index contributed by atoms with van der Waals surface area (Å²) < 4.78 is 1.06. The molecular weight excluding hydrogens is 344 g/mol. The van der Waals surface area contributed by atoms with E-state index in [1.807, 2.05) is 12.1 Å². The lowest BCUT2D eigenvalue weighted by molar-refractivity contribution is 0.724. The summed E-state index contributed by atoms with van der Waals surface area (Å²) in [5.41, 5.74) is 11.9. The standard InChI is InChI=1S/C15H19BrN6/c16-13-4-2-12(3-5-13)11-22(9-1-6-21-15(17)18)14-10-19-7-8-20-14/h2-5,7-8,10H,1,6,9,11H2,(H4,17,18,21). The second-order valence-electron chi connectivity index (χ2n) is 4.77. The highest BCUT2D eigenvalue weighted by Crippen LogP contribution is 2.16. The van der Waals surface area contributed by atoms with E-state index in [1.54, 1.807) is 18.6 Å². The van der Waals surface area contributed by atoms with Crippen LogP contribution < -0.4 is 16.4 Å². The molecule has 0 fully saturated rings. The van der Waals surface area contributed by atoms with Crippen LogP contribution in [0.2, 0.25) is 0 Å². The molecule has 1 heterocycles. The number of aliphatic imine (C=N–C) groups is 1. The Hall–Kier alpha value is -2.15. The number of hydrogen-bond acceptors (Lipinski definition) is 4. The fourth-order valence-electron chi connectivity index (χ4n) is 2.01. The molecule has 116 valence electrons. The van der Waals surface area contributed by atoms with Crippen molar-refractivity contribution in [2.24, 2.45) is 16.5 Å². The maximum atomic E-state index is 5.35. The molecule has 0 unspecified atom stereocenters. The third-order valence-electron chi connectivity index (χ3n) is 3.04. The average Bonchev–Trinajstić information content (AvgIpc) is 2.53. The van der Waals surface area contributed by atoms with Crippen LogP contribution in [0, 0.1) is 0 Å². The van der Waals surface area contributed by atoms with Gasteiger partial charge in [-0.25, -0.2) is 4.98 Å². The van der Waals surface area contributed by atoms with Crippen LogP contribution in [0.15, 0.2) is 52.3 Å². The summed E-state index contributed by atoms with van der Waals surface area (Å²) in [5, 5.41) is 0. The maximum absolute atomic E-state index is 5.35. The molecular formula is C15H19BrN6. The molecule has 1 aromatic heterocycles. The van der Waals surface area contributed by atoms with Crippen molar-refractivity contribution >= 4 is 27.7 Å². The van der Waals surface area contributed by atoms with Gasteiger partial charge in [0.05, 0.1) is 6.20 Å². The number of nitrogens with two attached hydrogens (primary N) is 2. The SMILES string of the molecule is NC(N)=NCCCN(Cc1ccc(Br)cc1)c1cnccn1. The molecule has 0 radical (unpaired) electrons. The molecule has 6 nitrogen and oxygen atoms in total. The number of rotatable bonds is 7. The second kappa shape index (κ2) is 8.33. The summed E-state index contributed by atoms with van der Waals surface area (Å²) in [7, 11) is 0.